The topological polar surface area (TPSA) is 108 Å². The van der Waals surface area contributed by atoms with Crippen molar-refractivity contribution >= 4 is 16.7 Å². The Balaban J connectivity index is 1.38. The van der Waals surface area contributed by atoms with Gasteiger partial charge in [0.2, 0.25) is 0 Å². The third kappa shape index (κ3) is 5.30. The number of aliphatic hydroxyl groups is 1. The third-order valence-corrected chi connectivity index (χ3v) is 6.39. The largest absolute Gasteiger partial charge is 0.497 e. The number of ketones is 1. The van der Waals surface area contributed by atoms with Crippen LogP contribution in [0.4, 0.5) is 0 Å². The van der Waals surface area contributed by atoms with Gasteiger partial charge >= 0.3 is 0 Å². The van der Waals surface area contributed by atoms with E-state index in [1.54, 1.807) is 68.4 Å². The Labute approximate surface area is 224 Å². The second kappa shape index (κ2) is 10.9. The molecule has 0 fully saturated rings. The second-order valence-corrected chi connectivity index (χ2v) is 9.22. The van der Waals surface area contributed by atoms with Crippen molar-refractivity contribution in [3.05, 3.63) is 106 Å². The minimum atomic E-state index is -0.706. The van der Waals surface area contributed by atoms with Crippen LogP contribution in [0.2, 0.25) is 0 Å². The number of Topliss-reactive ketones (excluding diaryl/α,β-unsaturated/α-hetero) is 1. The van der Waals surface area contributed by atoms with Crippen LogP contribution in [0.3, 0.4) is 0 Å². The van der Waals surface area contributed by atoms with Crippen molar-refractivity contribution in [2.45, 2.75) is 32.9 Å². The van der Waals surface area contributed by atoms with E-state index in [1.807, 2.05) is 36.4 Å². The molecule has 0 aliphatic rings. The van der Waals surface area contributed by atoms with Gasteiger partial charge < -0.3 is 14.6 Å². The quantitative estimate of drug-likeness (QED) is 0.283. The van der Waals surface area contributed by atoms with Crippen molar-refractivity contribution in [3.63, 3.8) is 0 Å². The van der Waals surface area contributed by atoms with Crippen LogP contribution in [0.5, 0.6) is 17.2 Å². The van der Waals surface area contributed by atoms with Crippen LogP contribution < -0.4 is 15.0 Å². The zero-order valence-corrected chi connectivity index (χ0v) is 21.9. The first-order valence-corrected chi connectivity index (χ1v) is 12.5. The highest BCUT2D eigenvalue weighted by atomic mass is 16.5. The van der Waals surface area contributed by atoms with Crippen molar-refractivity contribution < 1.29 is 19.4 Å². The summed E-state index contributed by atoms with van der Waals surface area (Å²) < 4.78 is 14.4. The molecular formula is C30H28N4O5. The third-order valence-electron chi connectivity index (χ3n) is 6.39. The standard InChI is InChI=1S/C30H28N4O5/c1-19(35)18-33-20(2)29(30(37)34(33)22-7-5-4-6-8-22)27(36)15-21-9-10-24(17-32-21)39-28-13-14-31-26-16-23(38-3)11-12-25(26)28/h4-14,16-17,19,35H,15,18H2,1-3H3. The summed E-state index contributed by atoms with van der Waals surface area (Å²) in [5.74, 6) is 1.47. The molecule has 9 nitrogen and oxygen atoms in total. The SMILES string of the molecule is COc1ccc2c(Oc3ccc(CC(=O)c4c(C)n(CC(C)O)n(-c5ccccc5)c4=O)nc3)ccnc2c1. The van der Waals surface area contributed by atoms with Crippen LogP contribution in [-0.2, 0) is 13.0 Å². The number of aliphatic hydroxyl groups excluding tert-OH is 1. The van der Waals surface area contributed by atoms with E-state index < -0.39 is 11.7 Å². The van der Waals surface area contributed by atoms with Gasteiger partial charge in [0.1, 0.15) is 22.8 Å². The van der Waals surface area contributed by atoms with Crippen LogP contribution in [0, 0.1) is 6.92 Å². The lowest BCUT2D eigenvalue weighted by atomic mass is 10.1. The molecule has 0 amide bonds. The van der Waals surface area contributed by atoms with Gasteiger partial charge in [0.25, 0.3) is 5.56 Å². The van der Waals surface area contributed by atoms with Gasteiger partial charge in [-0.15, -0.1) is 0 Å². The van der Waals surface area contributed by atoms with Gasteiger partial charge in [-0.1, -0.05) is 18.2 Å². The monoisotopic (exact) mass is 524 g/mol. The summed E-state index contributed by atoms with van der Waals surface area (Å²) in [5.41, 5.74) is 2.01. The highest BCUT2D eigenvalue weighted by molar-refractivity contribution is 5.98. The highest BCUT2D eigenvalue weighted by Crippen LogP contribution is 2.30. The van der Waals surface area contributed by atoms with E-state index in [9.17, 15) is 14.7 Å². The Morgan fingerprint density at radius 1 is 1.03 bits per heavy atom. The lowest BCUT2D eigenvalue weighted by molar-refractivity contribution is 0.0989. The van der Waals surface area contributed by atoms with Crippen molar-refractivity contribution in [1.29, 1.82) is 0 Å². The van der Waals surface area contributed by atoms with E-state index >= 15 is 0 Å². The Kier molecular flexibility index (Phi) is 7.25. The van der Waals surface area contributed by atoms with Crippen LogP contribution in [0.1, 0.15) is 28.7 Å². The molecule has 39 heavy (non-hydrogen) atoms. The summed E-state index contributed by atoms with van der Waals surface area (Å²) in [6.45, 7) is 3.53. The molecule has 1 atom stereocenters. The number of methoxy groups -OCH3 is 1. The zero-order chi connectivity index (χ0) is 27.5. The minimum Gasteiger partial charge on any atom is -0.497 e. The second-order valence-electron chi connectivity index (χ2n) is 9.22. The molecule has 0 aliphatic carbocycles. The maximum Gasteiger partial charge on any atom is 0.282 e. The molecule has 0 radical (unpaired) electrons. The van der Waals surface area contributed by atoms with Crippen LogP contribution >= 0.6 is 0 Å². The Morgan fingerprint density at radius 2 is 1.79 bits per heavy atom. The van der Waals surface area contributed by atoms with Crippen molar-refractivity contribution in [1.82, 2.24) is 19.3 Å². The highest BCUT2D eigenvalue weighted by Gasteiger charge is 2.24. The first-order valence-electron chi connectivity index (χ1n) is 12.5. The average molecular weight is 525 g/mol. The average Bonchev–Trinajstić information content (AvgIpc) is 3.18. The van der Waals surface area contributed by atoms with Crippen LogP contribution in [-0.4, -0.2) is 43.4 Å². The maximum absolute atomic E-state index is 13.4. The molecule has 0 aliphatic heterocycles. The molecule has 0 spiro atoms. The van der Waals surface area contributed by atoms with Crippen LogP contribution in [0.25, 0.3) is 16.6 Å². The number of fused-ring (bicyclic) bond motifs is 1. The number of hydrogen-bond acceptors (Lipinski definition) is 7. The summed E-state index contributed by atoms with van der Waals surface area (Å²) in [6.07, 6.45) is 2.45. The smallest absolute Gasteiger partial charge is 0.282 e. The van der Waals surface area contributed by atoms with Crippen LogP contribution in [0.15, 0.2) is 83.9 Å². The molecule has 0 saturated heterocycles. The van der Waals surface area contributed by atoms with E-state index in [0.717, 1.165) is 10.9 Å². The molecule has 198 valence electrons. The number of para-hydroxylation sites is 1. The fourth-order valence-corrected chi connectivity index (χ4v) is 4.54. The van der Waals surface area contributed by atoms with Crippen molar-refractivity contribution in [2.24, 2.45) is 0 Å². The van der Waals surface area contributed by atoms with E-state index in [1.165, 1.54) is 4.68 Å². The van der Waals surface area contributed by atoms with Gasteiger partial charge in [-0.3, -0.25) is 24.2 Å². The molecule has 1 N–H and O–H groups in total. The van der Waals surface area contributed by atoms with E-state index in [-0.39, 0.29) is 24.3 Å². The Morgan fingerprint density at radius 3 is 2.49 bits per heavy atom. The Bertz CT molecular complexity index is 1690. The lowest BCUT2D eigenvalue weighted by Crippen LogP contribution is -2.26. The summed E-state index contributed by atoms with van der Waals surface area (Å²) in [4.78, 5) is 35.5. The molecule has 1 unspecified atom stereocenters. The number of ether oxygens (including phenoxy) is 2. The number of aromatic nitrogens is 4. The number of rotatable bonds is 9. The number of hydrogen-bond donors (Lipinski definition) is 1. The zero-order valence-electron chi connectivity index (χ0n) is 21.9. The molecule has 5 rings (SSSR count). The molecule has 5 aromatic rings. The molecule has 3 aromatic heterocycles. The molecular weight excluding hydrogens is 496 g/mol. The normalized spacial score (nSPS) is 11.9. The fourth-order valence-electron chi connectivity index (χ4n) is 4.54. The number of carbonyl (C=O) groups is 1. The summed E-state index contributed by atoms with van der Waals surface area (Å²) in [5, 5.41) is 10.9. The van der Waals surface area contributed by atoms with Gasteiger partial charge in [-0.2, -0.15) is 0 Å². The van der Waals surface area contributed by atoms with E-state index in [0.29, 0.717) is 34.3 Å². The fraction of sp³-hybridized carbons (Fsp3) is 0.200. The molecule has 0 bridgehead atoms. The molecule has 3 heterocycles. The summed E-state index contributed by atoms with van der Waals surface area (Å²) in [7, 11) is 1.60. The van der Waals surface area contributed by atoms with Gasteiger partial charge in [0.05, 0.1) is 43.6 Å². The first kappa shape index (κ1) is 25.9. The van der Waals surface area contributed by atoms with Gasteiger partial charge in [0.15, 0.2) is 5.78 Å². The molecule has 0 saturated carbocycles. The van der Waals surface area contributed by atoms with Crippen molar-refractivity contribution in [3.8, 4) is 22.9 Å². The Hall–Kier alpha value is -4.76. The van der Waals surface area contributed by atoms with E-state index in [4.69, 9.17) is 9.47 Å². The molecule has 9 heteroatoms. The summed E-state index contributed by atoms with van der Waals surface area (Å²) >= 11 is 0. The first-order chi connectivity index (χ1) is 18.9. The number of carbonyl (C=O) groups excluding carboxylic acids is 1. The van der Waals surface area contributed by atoms with Gasteiger partial charge in [-0.25, -0.2) is 4.68 Å². The number of nitrogens with zero attached hydrogens (tertiary/aromatic N) is 4. The maximum atomic E-state index is 13.4. The molecule has 2 aromatic carbocycles. The lowest BCUT2D eigenvalue weighted by Gasteiger charge is -2.15. The number of benzene rings is 2. The minimum absolute atomic E-state index is 0.0537. The van der Waals surface area contributed by atoms with Gasteiger partial charge in [0, 0.05) is 29.0 Å². The van der Waals surface area contributed by atoms with Crippen molar-refractivity contribution in [2.75, 3.05) is 7.11 Å². The van der Waals surface area contributed by atoms with Gasteiger partial charge in [-0.05, 0) is 56.3 Å². The predicted octanol–water partition coefficient (Wildman–Crippen LogP) is 4.50. The number of pyridine rings is 2. The van der Waals surface area contributed by atoms with E-state index in [2.05, 4.69) is 9.97 Å². The predicted molar refractivity (Wildman–Crippen MR) is 147 cm³/mol. The summed E-state index contributed by atoms with van der Waals surface area (Å²) in [6, 6.07) is 19.8.